The molecule has 1 fully saturated rings. The number of rotatable bonds is 2. The molecule has 4 heteroatoms. The zero-order valence-electron chi connectivity index (χ0n) is 8.94. The fraction of sp³-hybridized carbons (Fsp3) is 0.636. The first-order valence-corrected chi connectivity index (χ1v) is 5.48. The highest BCUT2D eigenvalue weighted by atomic mass is 16.4. The molecular formula is C11H16N2O2. The molecule has 82 valence electrons. The van der Waals surface area contributed by atoms with Crippen LogP contribution in [-0.4, -0.2) is 20.9 Å². The van der Waals surface area contributed by atoms with E-state index in [0.29, 0.717) is 6.04 Å². The van der Waals surface area contributed by atoms with E-state index in [1.807, 2.05) is 11.6 Å². The second-order valence-electron chi connectivity index (χ2n) is 4.21. The van der Waals surface area contributed by atoms with Crippen molar-refractivity contribution in [3.05, 3.63) is 17.5 Å². The molecule has 0 aliphatic heterocycles. The van der Waals surface area contributed by atoms with Gasteiger partial charge in [0.05, 0.1) is 6.04 Å². The van der Waals surface area contributed by atoms with Gasteiger partial charge in [-0.25, -0.2) is 4.79 Å². The summed E-state index contributed by atoms with van der Waals surface area (Å²) >= 11 is 0. The van der Waals surface area contributed by atoms with Crippen molar-refractivity contribution in [3.8, 4) is 0 Å². The molecule has 0 amide bonds. The lowest BCUT2D eigenvalue weighted by atomic mass is 9.95. The number of carbonyl (C=O) groups is 1. The quantitative estimate of drug-likeness (QED) is 0.811. The van der Waals surface area contributed by atoms with Crippen molar-refractivity contribution in [2.75, 3.05) is 0 Å². The minimum absolute atomic E-state index is 0.165. The highest BCUT2D eigenvalue weighted by Gasteiger charge is 2.19. The molecular weight excluding hydrogens is 192 g/mol. The highest BCUT2D eigenvalue weighted by molar-refractivity contribution is 5.85. The molecule has 1 aromatic heterocycles. The summed E-state index contributed by atoms with van der Waals surface area (Å²) in [7, 11) is 0. The van der Waals surface area contributed by atoms with Crippen LogP contribution in [0.4, 0.5) is 0 Å². The number of aromatic carboxylic acids is 1. The van der Waals surface area contributed by atoms with Gasteiger partial charge in [-0.15, -0.1) is 0 Å². The van der Waals surface area contributed by atoms with Gasteiger partial charge in [0.1, 0.15) is 0 Å². The van der Waals surface area contributed by atoms with E-state index in [9.17, 15) is 4.79 Å². The van der Waals surface area contributed by atoms with E-state index in [0.717, 1.165) is 18.5 Å². The summed E-state index contributed by atoms with van der Waals surface area (Å²) in [6, 6.07) is 2.06. The van der Waals surface area contributed by atoms with E-state index in [4.69, 9.17) is 5.11 Å². The molecule has 1 aliphatic rings. The number of hydrogen-bond acceptors (Lipinski definition) is 2. The van der Waals surface area contributed by atoms with Gasteiger partial charge in [-0.3, -0.25) is 4.68 Å². The van der Waals surface area contributed by atoms with Crippen LogP contribution in [0, 0.1) is 6.92 Å². The van der Waals surface area contributed by atoms with E-state index >= 15 is 0 Å². The highest BCUT2D eigenvalue weighted by Crippen LogP contribution is 2.28. The van der Waals surface area contributed by atoms with Crippen LogP contribution in [-0.2, 0) is 0 Å². The van der Waals surface area contributed by atoms with E-state index in [2.05, 4.69) is 5.10 Å². The molecule has 1 aromatic rings. The van der Waals surface area contributed by atoms with Gasteiger partial charge < -0.3 is 5.11 Å². The number of carboxylic acids is 1. The van der Waals surface area contributed by atoms with E-state index < -0.39 is 5.97 Å². The van der Waals surface area contributed by atoms with Gasteiger partial charge in [0.25, 0.3) is 0 Å². The second kappa shape index (κ2) is 4.04. The Balaban J connectivity index is 2.22. The first-order valence-electron chi connectivity index (χ1n) is 5.48. The molecule has 1 saturated carbocycles. The van der Waals surface area contributed by atoms with Crippen LogP contribution in [0.2, 0.25) is 0 Å². The number of hydrogen-bond donors (Lipinski definition) is 1. The Bertz CT molecular complexity index is 365. The summed E-state index contributed by atoms with van der Waals surface area (Å²) in [5.74, 6) is -0.937. The van der Waals surface area contributed by atoms with Crippen molar-refractivity contribution in [1.29, 1.82) is 0 Å². The van der Waals surface area contributed by atoms with Crippen LogP contribution in [0.25, 0.3) is 0 Å². The molecule has 0 atom stereocenters. The lowest BCUT2D eigenvalue weighted by Crippen LogP contribution is -2.15. The Morgan fingerprint density at radius 1 is 1.47 bits per heavy atom. The maximum atomic E-state index is 10.8. The third-order valence-electron chi connectivity index (χ3n) is 3.06. The Labute approximate surface area is 88.9 Å². The van der Waals surface area contributed by atoms with Crippen molar-refractivity contribution >= 4 is 5.97 Å². The molecule has 0 unspecified atom stereocenters. The molecule has 4 nitrogen and oxygen atoms in total. The molecule has 0 aromatic carbocycles. The number of aryl methyl sites for hydroxylation is 1. The Kier molecular flexibility index (Phi) is 2.75. The van der Waals surface area contributed by atoms with Gasteiger partial charge in [-0.05, 0) is 25.8 Å². The fourth-order valence-electron chi connectivity index (χ4n) is 2.29. The molecule has 15 heavy (non-hydrogen) atoms. The molecule has 0 spiro atoms. The first-order chi connectivity index (χ1) is 7.18. The number of carboxylic acid groups (broad SMARTS) is 1. The van der Waals surface area contributed by atoms with Gasteiger partial charge in [0.15, 0.2) is 5.69 Å². The monoisotopic (exact) mass is 208 g/mol. The predicted molar refractivity (Wildman–Crippen MR) is 56.0 cm³/mol. The number of aromatic nitrogens is 2. The predicted octanol–water partition coefficient (Wildman–Crippen LogP) is 2.39. The van der Waals surface area contributed by atoms with E-state index in [-0.39, 0.29) is 5.69 Å². The Morgan fingerprint density at radius 2 is 2.13 bits per heavy atom. The SMILES string of the molecule is Cc1cc(C(=O)O)nn1C1CCCCC1. The van der Waals surface area contributed by atoms with Crippen molar-refractivity contribution in [2.45, 2.75) is 45.1 Å². The Hall–Kier alpha value is -1.32. The third kappa shape index (κ3) is 2.03. The van der Waals surface area contributed by atoms with Crippen LogP contribution in [0.15, 0.2) is 6.07 Å². The molecule has 0 saturated heterocycles. The van der Waals surface area contributed by atoms with Crippen LogP contribution in [0.1, 0.15) is 54.3 Å². The summed E-state index contributed by atoms with van der Waals surface area (Å²) in [4.78, 5) is 10.8. The Morgan fingerprint density at radius 3 is 2.67 bits per heavy atom. The standard InChI is InChI=1S/C11H16N2O2/c1-8-7-10(11(14)15)12-13(8)9-5-3-2-4-6-9/h7,9H,2-6H2,1H3,(H,14,15). The molecule has 1 heterocycles. The minimum atomic E-state index is -0.937. The topological polar surface area (TPSA) is 55.1 Å². The fourth-order valence-corrected chi connectivity index (χ4v) is 2.29. The van der Waals surface area contributed by atoms with Crippen molar-refractivity contribution in [3.63, 3.8) is 0 Å². The van der Waals surface area contributed by atoms with Crippen LogP contribution in [0.3, 0.4) is 0 Å². The van der Waals surface area contributed by atoms with Crippen LogP contribution in [0.5, 0.6) is 0 Å². The van der Waals surface area contributed by atoms with Gasteiger partial charge in [0.2, 0.25) is 0 Å². The molecule has 2 rings (SSSR count). The van der Waals surface area contributed by atoms with E-state index in [1.54, 1.807) is 6.07 Å². The van der Waals surface area contributed by atoms with Gasteiger partial charge in [-0.2, -0.15) is 5.10 Å². The van der Waals surface area contributed by atoms with Crippen LogP contribution >= 0.6 is 0 Å². The largest absolute Gasteiger partial charge is 0.476 e. The molecule has 1 N–H and O–H groups in total. The summed E-state index contributed by atoms with van der Waals surface area (Å²) < 4.78 is 1.89. The normalized spacial score (nSPS) is 17.9. The van der Waals surface area contributed by atoms with Gasteiger partial charge in [0, 0.05) is 5.69 Å². The number of nitrogens with zero attached hydrogens (tertiary/aromatic N) is 2. The van der Waals surface area contributed by atoms with E-state index in [1.165, 1.54) is 19.3 Å². The summed E-state index contributed by atoms with van der Waals surface area (Å²) in [6.07, 6.45) is 6.00. The molecule has 0 radical (unpaired) electrons. The second-order valence-corrected chi connectivity index (χ2v) is 4.21. The smallest absolute Gasteiger partial charge is 0.356 e. The summed E-state index contributed by atoms with van der Waals surface area (Å²) in [5.41, 5.74) is 1.12. The summed E-state index contributed by atoms with van der Waals surface area (Å²) in [6.45, 7) is 1.92. The van der Waals surface area contributed by atoms with Crippen molar-refractivity contribution in [2.24, 2.45) is 0 Å². The minimum Gasteiger partial charge on any atom is -0.476 e. The lowest BCUT2D eigenvalue weighted by Gasteiger charge is -2.23. The zero-order valence-corrected chi connectivity index (χ0v) is 8.94. The van der Waals surface area contributed by atoms with Gasteiger partial charge >= 0.3 is 5.97 Å². The van der Waals surface area contributed by atoms with Crippen molar-refractivity contribution in [1.82, 2.24) is 9.78 Å². The van der Waals surface area contributed by atoms with Crippen molar-refractivity contribution < 1.29 is 9.90 Å². The molecule has 0 bridgehead atoms. The average molecular weight is 208 g/mol. The van der Waals surface area contributed by atoms with Gasteiger partial charge in [-0.1, -0.05) is 19.3 Å². The third-order valence-corrected chi connectivity index (χ3v) is 3.06. The maximum absolute atomic E-state index is 10.8. The zero-order chi connectivity index (χ0) is 10.8. The van der Waals surface area contributed by atoms with Crippen LogP contribution < -0.4 is 0 Å². The average Bonchev–Trinajstić information content (AvgIpc) is 2.62. The first kappa shape index (κ1) is 10.2. The maximum Gasteiger partial charge on any atom is 0.356 e. The summed E-state index contributed by atoms with van der Waals surface area (Å²) in [5, 5.41) is 13.0. The molecule has 1 aliphatic carbocycles. The lowest BCUT2D eigenvalue weighted by molar-refractivity contribution is 0.0689.